The second-order valence-corrected chi connectivity index (χ2v) is 5.58. The standard InChI is InChI=1S/C18H21N5O2.2H2/c1-12-7-13(2)23-18(25)16(12)9-22-17(24)15-5-3-14(4-6-15)8-20-11-21-10-19;;/h3-7,10-11H,8-9H2,1-2H3,(H,22,24)(H,23,25)(H2,19,20,21);2*1H. The number of hydrogen-bond acceptors (Lipinski definition) is 3. The van der Waals surface area contributed by atoms with E-state index in [1.807, 2.05) is 32.0 Å². The van der Waals surface area contributed by atoms with Crippen LogP contribution >= 0.6 is 0 Å². The molecule has 0 aliphatic carbocycles. The molecule has 0 spiro atoms. The summed E-state index contributed by atoms with van der Waals surface area (Å²) in [5, 5.41) is 2.77. The molecule has 0 unspecified atom stereocenters. The number of aromatic amines is 1. The molecular weight excluding hydrogens is 318 g/mol. The monoisotopic (exact) mass is 343 g/mol. The number of nitrogens with zero attached hydrogens (tertiary/aromatic N) is 2. The molecule has 2 aromatic rings. The Balaban J connectivity index is 0.00000338. The predicted molar refractivity (Wildman–Crippen MR) is 103 cm³/mol. The molecule has 7 nitrogen and oxygen atoms in total. The van der Waals surface area contributed by atoms with Gasteiger partial charge in [-0.15, -0.1) is 0 Å². The lowest BCUT2D eigenvalue weighted by Crippen LogP contribution is -2.27. The normalized spacial score (nSPS) is 11.3. The molecular formula is C18H25N5O2. The molecule has 134 valence electrons. The van der Waals surface area contributed by atoms with Gasteiger partial charge in [-0.25, -0.2) is 4.99 Å². The molecule has 7 heteroatoms. The van der Waals surface area contributed by atoms with Gasteiger partial charge in [-0.1, -0.05) is 12.1 Å². The zero-order valence-electron chi connectivity index (χ0n) is 14.2. The van der Waals surface area contributed by atoms with Crippen molar-refractivity contribution >= 4 is 18.6 Å². The number of nitrogens with two attached hydrogens (primary N) is 1. The SMILES string of the molecule is Cc1cc(C)c(CNC(=O)c2ccc(CN=CN=CN)cc2)c(=O)[nH]1.[HH].[HH]. The summed E-state index contributed by atoms with van der Waals surface area (Å²) in [5.74, 6) is -0.234. The van der Waals surface area contributed by atoms with Crippen LogP contribution in [0.1, 0.15) is 35.6 Å². The molecule has 4 N–H and O–H groups in total. The van der Waals surface area contributed by atoms with Crippen molar-refractivity contribution in [2.24, 2.45) is 15.7 Å². The smallest absolute Gasteiger partial charge is 0.253 e. The van der Waals surface area contributed by atoms with Gasteiger partial charge in [0.25, 0.3) is 11.5 Å². The van der Waals surface area contributed by atoms with Gasteiger partial charge in [0.05, 0.1) is 12.9 Å². The van der Waals surface area contributed by atoms with Crippen molar-refractivity contribution < 1.29 is 7.65 Å². The summed E-state index contributed by atoms with van der Waals surface area (Å²) in [5.41, 5.74) is 8.62. The van der Waals surface area contributed by atoms with E-state index in [9.17, 15) is 9.59 Å². The Labute approximate surface area is 148 Å². The van der Waals surface area contributed by atoms with Crippen LogP contribution in [0.3, 0.4) is 0 Å². The highest BCUT2D eigenvalue weighted by atomic mass is 16.1. The van der Waals surface area contributed by atoms with Crippen LogP contribution in [0.25, 0.3) is 0 Å². The molecule has 0 radical (unpaired) electrons. The Bertz CT molecular complexity index is 861. The summed E-state index contributed by atoms with van der Waals surface area (Å²) in [7, 11) is 0. The molecule has 1 amide bonds. The van der Waals surface area contributed by atoms with Crippen molar-refractivity contribution in [3.63, 3.8) is 0 Å². The topological polar surface area (TPSA) is 113 Å². The molecule has 0 bridgehead atoms. The fourth-order valence-electron chi connectivity index (χ4n) is 2.37. The molecule has 0 aliphatic rings. The number of benzene rings is 1. The van der Waals surface area contributed by atoms with Gasteiger partial charge in [0.15, 0.2) is 0 Å². The third kappa shape index (κ3) is 5.13. The maximum absolute atomic E-state index is 12.2. The molecule has 1 aromatic carbocycles. The molecule has 0 saturated carbocycles. The van der Waals surface area contributed by atoms with E-state index >= 15 is 0 Å². The fraction of sp³-hybridized carbons (Fsp3) is 0.222. The molecule has 1 heterocycles. The van der Waals surface area contributed by atoms with Crippen LogP contribution in [-0.2, 0) is 13.1 Å². The van der Waals surface area contributed by atoms with Gasteiger partial charge in [-0.3, -0.25) is 14.6 Å². The van der Waals surface area contributed by atoms with Crippen molar-refractivity contribution in [1.82, 2.24) is 10.3 Å². The van der Waals surface area contributed by atoms with E-state index in [4.69, 9.17) is 5.73 Å². The number of aliphatic imine (C=N–C) groups is 2. The molecule has 0 aliphatic heterocycles. The number of aromatic nitrogens is 1. The summed E-state index contributed by atoms with van der Waals surface area (Å²) in [4.78, 5) is 34.7. The van der Waals surface area contributed by atoms with E-state index in [0.717, 1.165) is 23.2 Å². The van der Waals surface area contributed by atoms with Crippen LogP contribution in [0, 0.1) is 13.8 Å². The van der Waals surface area contributed by atoms with Crippen molar-refractivity contribution in [3.8, 4) is 0 Å². The van der Waals surface area contributed by atoms with Crippen LogP contribution in [-0.4, -0.2) is 23.6 Å². The second-order valence-electron chi connectivity index (χ2n) is 5.58. The third-order valence-electron chi connectivity index (χ3n) is 3.64. The van der Waals surface area contributed by atoms with Crippen molar-refractivity contribution in [3.05, 3.63) is 68.6 Å². The van der Waals surface area contributed by atoms with Gasteiger partial charge < -0.3 is 16.0 Å². The van der Waals surface area contributed by atoms with Crippen LogP contribution < -0.4 is 16.6 Å². The number of nitrogens with one attached hydrogen (secondary N) is 2. The minimum absolute atomic E-state index is 0. The number of aryl methyl sites for hydroxylation is 2. The minimum Gasteiger partial charge on any atom is -0.390 e. The summed E-state index contributed by atoms with van der Waals surface area (Å²) in [6, 6.07) is 8.97. The Morgan fingerprint density at radius 2 is 2.04 bits per heavy atom. The molecule has 0 atom stereocenters. The highest BCUT2D eigenvalue weighted by Gasteiger charge is 2.09. The number of carbonyl (C=O) groups is 1. The largest absolute Gasteiger partial charge is 0.390 e. The average molecular weight is 343 g/mol. The lowest BCUT2D eigenvalue weighted by Gasteiger charge is -2.08. The van der Waals surface area contributed by atoms with Gasteiger partial charge in [-0.2, -0.15) is 0 Å². The molecule has 0 fully saturated rings. The second kappa shape index (κ2) is 8.58. The number of hydrogen-bond donors (Lipinski definition) is 3. The summed E-state index contributed by atoms with van der Waals surface area (Å²) in [6.07, 6.45) is 2.54. The van der Waals surface area contributed by atoms with Gasteiger partial charge in [0.2, 0.25) is 0 Å². The average Bonchev–Trinajstić information content (AvgIpc) is 2.58. The Morgan fingerprint density at radius 3 is 2.68 bits per heavy atom. The fourth-order valence-corrected chi connectivity index (χ4v) is 2.37. The molecule has 2 rings (SSSR count). The van der Waals surface area contributed by atoms with Crippen LogP contribution in [0.2, 0.25) is 0 Å². The maximum atomic E-state index is 12.2. The lowest BCUT2D eigenvalue weighted by molar-refractivity contribution is 0.0950. The summed E-state index contributed by atoms with van der Waals surface area (Å²) in [6.45, 7) is 4.32. The number of H-pyrrole nitrogens is 1. The van der Waals surface area contributed by atoms with E-state index < -0.39 is 0 Å². The molecule has 1 aromatic heterocycles. The number of pyridine rings is 1. The third-order valence-corrected chi connectivity index (χ3v) is 3.64. The van der Waals surface area contributed by atoms with Crippen LogP contribution in [0.15, 0.2) is 45.1 Å². The zero-order valence-corrected chi connectivity index (χ0v) is 14.2. The van der Waals surface area contributed by atoms with Crippen molar-refractivity contribution in [2.45, 2.75) is 26.9 Å². The highest BCUT2D eigenvalue weighted by Crippen LogP contribution is 2.07. The van der Waals surface area contributed by atoms with E-state index in [1.165, 1.54) is 6.34 Å². The van der Waals surface area contributed by atoms with Crippen LogP contribution in [0.5, 0.6) is 0 Å². The van der Waals surface area contributed by atoms with Gasteiger partial charge >= 0.3 is 0 Å². The number of carbonyl (C=O) groups excluding carboxylic acids is 1. The van der Waals surface area contributed by atoms with Gasteiger partial charge in [0, 0.05) is 26.2 Å². The van der Waals surface area contributed by atoms with E-state index in [1.54, 1.807) is 12.1 Å². The Morgan fingerprint density at radius 1 is 1.32 bits per heavy atom. The summed E-state index contributed by atoms with van der Waals surface area (Å²) < 4.78 is 0. The first-order valence-electron chi connectivity index (χ1n) is 7.79. The quantitative estimate of drug-likeness (QED) is 0.550. The zero-order chi connectivity index (χ0) is 18.2. The van der Waals surface area contributed by atoms with Gasteiger partial charge in [0.1, 0.15) is 6.34 Å². The molecule has 25 heavy (non-hydrogen) atoms. The van der Waals surface area contributed by atoms with Crippen molar-refractivity contribution in [1.29, 1.82) is 0 Å². The van der Waals surface area contributed by atoms with E-state index in [0.29, 0.717) is 17.7 Å². The number of rotatable bonds is 6. The first-order chi connectivity index (χ1) is 12.0. The predicted octanol–water partition coefficient (Wildman–Crippen LogP) is 1.93. The lowest BCUT2D eigenvalue weighted by atomic mass is 10.1. The first kappa shape index (κ1) is 18.1. The molecule has 0 saturated heterocycles. The Hall–Kier alpha value is -3.22. The number of amides is 1. The highest BCUT2D eigenvalue weighted by molar-refractivity contribution is 5.94. The summed E-state index contributed by atoms with van der Waals surface area (Å²) >= 11 is 0. The minimum atomic E-state index is -0.234. The Kier molecular flexibility index (Phi) is 6.22. The van der Waals surface area contributed by atoms with E-state index in [2.05, 4.69) is 20.3 Å². The van der Waals surface area contributed by atoms with E-state index in [-0.39, 0.29) is 20.9 Å². The van der Waals surface area contributed by atoms with Crippen molar-refractivity contribution in [2.75, 3.05) is 0 Å². The van der Waals surface area contributed by atoms with Crippen LogP contribution in [0.4, 0.5) is 0 Å². The maximum Gasteiger partial charge on any atom is 0.253 e. The van der Waals surface area contributed by atoms with Gasteiger partial charge in [-0.05, 0) is 43.2 Å². The first-order valence-corrected chi connectivity index (χ1v) is 7.79.